The van der Waals surface area contributed by atoms with E-state index in [1.165, 1.54) is 0 Å². The van der Waals surface area contributed by atoms with Gasteiger partial charge in [-0.05, 0) is 38.5 Å². The van der Waals surface area contributed by atoms with E-state index in [1.807, 2.05) is 6.92 Å². The van der Waals surface area contributed by atoms with Gasteiger partial charge in [-0.2, -0.15) is 4.98 Å². The van der Waals surface area contributed by atoms with Crippen LogP contribution in [0.3, 0.4) is 0 Å². The zero-order valence-electron chi connectivity index (χ0n) is 13.2. The summed E-state index contributed by atoms with van der Waals surface area (Å²) in [4.78, 5) is 4.45. The van der Waals surface area contributed by atoms with Crippen molar-refractivity contribution in [2.24, 2.45) is 5.92 Å². The van der Waals surface area contributed by atoms with E-state index in [1.54, 1.807) is 7.11 Å². The summed E-state index contributed by atoms with van der Waals surface area (Å²) in [6, 6.07) is 0. The molecule has 2 rings (SSSR count). The van der Waals surface area contributed by atoms with Crippen molar-refractivity contribution in [3.05, 3.63) is 11.7 Å². The molecular weight excluding hydrogens is 272 g/mol. The van der Waals surface area contributed by atoms with E-state index in [0.29, 0.717) is 30.7 Å². The largest absolute Gasteiger partial charge is 0.390 e. The Morgan fingerprint density at radius 2 is 2.14 bits per heavy atom. The van der Waals surface area contributed by atoms with Gasteiger partial charge in [0, 0.05) is 13.7 Å². The number of aliphatic hydroxyl groups is 1. The number of hydrogen-bond acceptors (Lipinski definition) is 6. The molecule has 1 aliphatic carbocycles. The highest BCUT2D eigenvalue weighted by Crippen LogP contribution is 2.41. The van der Waals surface area contributed by atoms with E-state index < -0.39 is 11.7 Å². The quantitative estimate of drug-likeness (QED) is 0.830. The summed E-state index contributed by atoms with van der Waals surface area (Å²) in [5.74, 6) is 1.77. The van der Waals surface area contributed by atoms with Crippen LogP contribution in [0.25, 0.3) is 0 Å². The van der Waals surface area contributed by atoms with E-state index >= 15 is 0 Å². The van der Waals surface area contributed by atoms with Crippen molar-refractivity contribution in [2.45, 2.75) is 57.7 Å². The van der Waals surface area contributed by atoms with Crippen LogP contribution in [0.4, 0.5) is 0 Å². The van der Waals surface area contributed by atoms with E-state index in [0.717, 1.165) is 25.7 Å². The van der Waals surface area contributed by atoms with Crippen molar-refractivity contribution < 1.29 is 19.1 Å². The van der Waals surface area contributed by atoms with Gasteiger partial charge in [0.2, 0.25) is 11.7 Å². The topological polar surface area (TPSA) is 77.6 Å². The van der Waals surface area contributed by atoms with Gasteiger partial charge in [0.05, 0.1) is 19.1 Å². The molecule has 6 heteroatoms. The highest BCUT2D eigenvalue weighted by molar-refractivity contribution is 5.04. The van der Waals surface area contributed by atoms with Gasteiger partial charge in [-0.25, -0.2) is 0 Å². The lowest BCUT2D eigenvalue weighted by molar-refractivity contribution is -0.0847. The molecule has 1 saturated carbocycles. The van der Waals surface area contributed by atoms with E-state index in [2.05, 4.69) is 17.1 Å². The Morgan fingerprint density at radius 1 is 1.43 bits per heavy atom. The molecule has 6 nitrogen and oxygen atoms in total. The summed E-state index contributed by atoms with van der Waals surface area (Å²) in [5.41, 5.74) is -0.421. The standard InChI is InChI=1S/C15H26N2O4/c1-4-20-15(7-5-11(2)6-8-15)14-16-13(21-17-14)9-12(18)10-19-3/h11-12,18H,4-10H2,1-3H3. The van der Waals surface area contributed by atoms with Crippen molar-refractivity contribution in [3.63, 3.8) is 0 Å². The molecule has 0 aliphatic heterocycles. The second-order valence-corrected chi connectivity index (χ2v) is 5.93. The molecule has 0 aromatic carbocycles. The molecule has 0 amide bonds. The van der Waals surface area contributed by atoms with Crippen molar-refractivity contribution in [1.82, 2.24) is 10.1 Å². The lowest BCUT2D eigenvalue weighted by Crippen LogP contribution is -2.35. The normalized spacial score (nSPS) is 27.7. The first kappa shape index (κ1) is 16.4. The summed E-state index contributed by atoms with van der Waals surface area (Å²) in [5, 5.41) is 13.8. The van der Waals surface area contributed by atoms with Crippen LogP contribution in [0.5, 0.6) is 0 Å². The smallest absolute Gasteiger partial charge is 0.229 e. The lowest BCUT2D eigenvalue weighted by atomic mass is 9.79. The molecule has 1 fully saturated rings. The first-order valence-corrected chi connectivity index (χ1v) is 7.73. The molecule has 120 valence electrons. The van der Waals surface area contributed by atoms with E-state index in [4.69, 9.17) is 14.0 Å². The Labute approximate surface area is 125 Å². The Balaban J connectivity index is 2.09. The molecule has 1 atom stereocenters. The molecule has 1 N–H and O–H groups in total. The van der Waals surface area contributed by atoms with Crippen LogP contribution < -0.4 is 0 Å². The van der Waals surface area contributed by atoms with Crippen LogP contribution in [-0.4, -0.2) is 41.7 Å². The average molecular weight is 298 g/mol. The minimum absolute atomic E-state index is 0.256. The first-order chi connectivity index (χ1) is 10.1. The minimum Gasteiger partial charge on any atom is -0.390 e. The minimum atomic E-state index is -0.627. The molecular formula is C15H26N2O4. The van der Waals surface area contributed by atoms with Crippen LogP contribution in [0, 0.1) is 5.92 Å². The van der Waals surface area contributed by atoms with Crippen molar-refractivity contribution >= 4 is 0 Å². The number of hydrogen-bond donors (Lipinski definition) is 1. The molecule has 1 unspecified atom stereocenters. The second kappa shape index (κ2) is 7.33. The number of rotatable bonds is 7. The Kier molecular flexibility index (Phi) is 5.72. The van der Waals surface area contributed by atoms with Crippen LogP contribution in [0.1, 0.15) is 51.2 Å². The maximum absolute atomic E-state index is 9.74. The highest BCUT2D eigenvalue weighted by Gasteiger charge is 2.40. The molecule has 0 radical (unpaired) electrons. The lowest BCUT2D eigenvalue weighted by Gasteiger charge is -2.36. The fourth-order valence-corrected chi connectivity index (χ4v) is 2.91. The third-order valence-corrected chi connectivity index (χ3v) is 4.15. The van der Waals surface area contributed by atoms with Crippen LogP contribution in [-0.2, 0) is 21.5 Å². The summed E-state index contributed by atoms with van der Waals surface area (Å²) in [6.45, 7) is 5.14. The molecule has 0 spiro atoms. The number of methoxy groups -OCH3 is 1. The Hall–Kier alpha value is -0.980. The van der Waals surface area contributed by atoms with Gasteiger partial charge in [-0.1, -0.05) is 12.1 Å². The van der Waals surface area contributed by atoms with Crippen molar-refractivity contribution in [3.8, 4) is 0 Å². The SMILES string of the molecule is CCOC1(c2noc(CC(O)COC)n2)CCC(C)CC1. The zero-order chi connectivity index (χ0) is 15.3. The third-order valence-electron chi connectivity index (χ3n) is 4.15. The van der Waals surface area contributed by atoms with Crippen LogP contribution >= 0.6 is 0 Å². The van der Waals surface area contributed by atoms with Gasteiger partial charge in [0.15, 0.2) is 0 Å². The van der Waals surface area contributed by atoms with Gasteiger partial charge in [-0.15, -0.1) is 0 Å². The predicted octanol–water partition coefficient (Wildman–Crippen LogP) is 2.06. The van der Waals surface area contributed by atoms with Gasteiger partial charge in [0.1, 0.15) is 5.60 Å². The molecule has 0 bridgehead atoms. The van der Waals surface area contributed by atoms with Gasteiger partial charge < -0.3 is 19.1 Å². The average Bonchev–Trinajstić information content (AvgIpc) is 2.91. The van der Waals surface area contributed by atoms with Gasteiger partial charge in [0.25, 0.3) is 0 Å². The van der Waals surface area contributed by atoms with Crippen LogP contribution in [0.15, 0.2) is 4.52 Å². The maximum Gasteiger partial charge on any atom is 0.229 e. The Bertz CT molecular complexity index is 427. The van der Waals surface area contributed by atoms with Gasteiger partial charge >= 0.3 is 0 Å². The number of aliphatic hydroxyl groups excluding tert-OH is 1. The van der Waals surface area contributed by atoms with Crippen LogP contribution in [0.2, 0.25) is 0 Å². The summed E-state index contributed by atoms with van der Waals surface area (Å²) >= 11 is 0. The molecule has 1 aromatic heterocycles. The molecule has 1 aromatic rings. The summed E-state index contributed by atoms with van der Waals surface area (Å²) in [7, 11) is 1.55. The van der Waals surface area contributed by atoms with E-state index in [9.17, 15) is 5.11 Å². The predicted molar refractivity (Wildman–Crippen MR) is 76.8 cm³/mol. The number of ether oxygens (including phenoxy) is 2. The number of aromatic nitrogens is 2. The van der Waals surface area contributed by atoms with E-state index in [-0.39, 0.29) is 6.61 Å². The molecule has 1 aliphatic rings. The van der Waals surface area contributed by atoms with Crippen molar-refractivity contribution in [1.29, 1.82) is 0 Å². The zero-order valence-corrected chi connectivity index (χ0v) is 13.2. The highest BCUT2D eigenvalue weighted by atomic mass is 16.5. The maximum atomic E-state index is 9.74. The number of nitrogens with zero attached hydrogens (tertiary/aromatic N) is 2. The fourth-order valence-electron chi connectivity index (χ4n) is 2.91. The van der Waals surface area contributed by atoms with Gasteiger partial charge in [-0.3, -0.25) is 0 Å². The monoisotopic (exact) mass is 298 g/mol. The molecule has 21 heavy (non-hydrogen) atoms. The first-order valence-electron chi connectivity index (χ1n) is 7.73. The fraction of sp³-hybridized carbons (Fsp3) is 0.867. The third kappa shape index (κ3) is 4.02. The Morgan fingerprint density at radius 3 is 2.76 bits per heavy atom. The molecule has 1 heterocycles. The molecule has 0 saturated heterocycles. The van der Waals surface area contributed by atoms with Crippen molar-refractivity contribution in [2.75, 3.05) is 20.3 Å². The summed E-state index contributed by atoms with van der Waals surface area (Å²) < 4.78 is 16.2. The second-order valence-electron chi connectivity index (χ2n) is 5.93. The summed E-state index contributed by atoms with van der Waals surface area (Å²) in [6.07, 6.45) is 3.73.